The number of nitrogens with zero attached hydrogens (tertiary/aromatic N) is 2. The number of rotatable bonds is 3. The zero-order chi connectivity index (χ0) is 16.4. The van der Waals surface area contributed by atoms with Crippen molar-refractivity contribution in [2.75, 3.05) is 5.32 Å². The third-order valence-electron chi connectivity index (χ3n) is 3.58. The Bertz CT molecular complexity index is 783. The van der Waals surface area contributed by atoms with E-state index < -0.39 is 6.04 Å². The minimum absolute atomic E-state index is 0.298. The Morgan fingerprint density at radius 1 is 1.23 bits per heavy atom. The Morgan fingerprint density at radius 3 is 2.55 bits per heavy atom. The predicted molar refractivity (Wildman–Crippen MR) is 87.5 cm³/mol. The van der Waals surface area contributed by atoms with Crippen LogP contribution in [-0.4, -0.2) is 15.7 Å². The fourth-order valence-corrected chi connectivity index (χ4v) is 2.13. The molecule has 0 bridgehead atoms. The molecule has 116 valence electrons. The van der Waals surface area contributed by atoms with Gasteiger partial charge in [-0.3, -0.25) is 9.59 Å². The first-order valence-corrected chi connectivity index (χ1v) is 7.31. The van der Waals surface area contributed by atoms with Gasteiger partial charge in [-0.2, -0.15) is 5.10 Å². The Hall–Kier alpha value is -2.14. The molecule has 2 aromatic rings. The van der Waals surface area contributed by atoms with Crippen LogP contribution in [0.25, 0.3) is 0 Å². The number of carbonyl (C=O) groups excluding carboxylic acids is 1. The normalized spacial score (nSPS) is 12.0. The van der Waals surface area contributed by atoms with Crippen molar-refractivity contribution < 1.29 is 4.79 Å². The summed E-state index contributed by atoms with van der Waals surface area (Å²) >= 11 is 6.04. The van der Waals surface area contributed by atoms with Crippen molar-refractivity contribution in [1.29, 1.82) is 0 Å². The first-order chi connectivity index (χ1) is 10.3. The summed E-state index contributed by atoms with van der Waals surface area (Å²) in [6, 6.07) is 6.03. The highest BCUT2D eigenvalue weighted by Gasteiger charge is 2.18. The van der Waals surface area contributed by atoms with Crippen LogP contribution >= 0.6 is 11.6 Å². The van der Waals surface area contributed by atoms with Gasteiger partial charge in [0.15, 0.2) is 0 Å². The lowest BCUT2D eigenvalue weighted by Gasteiger charge is -2.15. The topological polar surface area (TPSA) is 64.0 Å². The zero-order valence-corrected chi connectivity index (χ0v) is 13.7. The molecule has 22 heavy (non-hydrogen) atoms. The summed E-state index contributed by atoms with van der Waals surface area (Å²) < 4.78 is 1.19. The molecule has 1 unspecified atom stereocenters. The smallest absolute Gasteiger partial charge is 0.267 e. The molecule has 0 aliphatic heterocycles. The highest BCUT2D eigenvalue weighted by atomic mass is 35.5. The van der Waals surface area contributed by atoms with E-state index in [0.717, 1.165) is 16.8 Å². The van der Waals surface area contributed by atoms with E-state index in [1.807, 2.05) is 19.9 Å². The van der Waals surface area contributed by atoms with Crippen molar-refractivity contribution in [3.8, 4) is 0 Å². The van der Waals surface area contributed by atoms with Crippen LogP contribution in [0.15, 0.2) is 29.1 Å². The summed E-state index contributed by atoms with van der Waals surface area (Å²) in [5.41, 5.74) is 2.74. The van der Waals surface area contributed by atoms with Crippen LogP contribution in [0.4, 0.5) is 5.69 Å². The zero-order valence-electron chi connectivity index (χ0n) is 13.0. The van der Waals surface area contributed by atoms with Crippen molar-refractivity contribution in [1.82, 2.24) is 9.78 Å². The number of hydrogen-bond acceptors (Lipinski definition) is 3. The fourth-order valence-electron chi connectivity index (χ4n) is 1.95. The maximum atomic E-state index is 12.3. The maximum Gasteiger partial charge on any atom is 0.267 e. The molecule has 5 nitrogen and oxygen atoms in total. The van der Waals surface area contributed by atoms with Gasteiger partial charge < -0.3 is 5.32 Å². The second-order valence-corrected chi connectivity index (χ2v) is 5.73. The van der Waals surface area contributed by atoms with E-state index >= 15 is 0 Å². The molecule has 0 aliphatic carbocycles. The monoisotopic (exact) mass is 319 g/mol. The van der Waals surface area contributed by atoms with Crippen molar-refractivity contribution in [3.63, 3.8) is 0 Å². The largest absolute Gasteiger partial charge is 0.324 e. The van der Waals surface area contributed by atoms with Crippen molar-refractivity contribution >= 4 is 23.2 Å². The van der Waals surface area contributed by atoms with Crippen LogP contribution in [0, 0.1) is 20.8 Å². The molecular weight excluding hydrogens is 302 g/mol. The highest BCUT2D eigenvalue weighted by molar-refractivity contribution is 6.31. The summed E-state index contributed by atoms with van der Waals surface area (Å²) in [6.07, 6.45) is 0. The number of aromatic nitrogens is 2. The number of amides is 1. The molecule has 1 aromatic heterocycles. The molecule has 1 aromatic carbocycles. The lowest BCUT2D eigenvalue weighted by Crippen LogP contribution is -2.33. The summed E-state index contributed by atoms with van der Waals surface area (Å²) in [4.78, 5) is 24.3. The number of nitrogens with one attached hydrogen (secondary N) is 1. The number of benzene rings is 1. The summed E-state index contributed by atoms with van der Waals surface area (Å²) in [7, 11) is 0. The van der Waals surface area contributed by atoms with Crippen LogP contribution in [0.2, 0.25) is 5.02 Å². The molecule has 0 saturated carbocycles. The van der Waals surface area contributed by atoms with Gasteiger partial charge in [0.1, 0.15) is 6.04 Å². The minimum Gasteiger partial charge on any atom is -0.324 e. The molecule has 0 saturated heterocycles. The van der Waals surface area contributed by atoms with Gasteiger partial charge in [-0.1, -0.05) is 17.7 Å². The number of carbonyl (C=O) groups is 1. The number of halogens is 1. The van der Waals surface area contributed by atoms with E-state index in [1.165, 1.54) is 10.7 Å². The number of hydrogen-bond donors (Lipinski definition) is 1. The van der Waals surface area contributed by atoms with E-state index in [-0.39, 0.29) is 11.5 Å². The van der Waals surface area contributed by atoms with Gasteiger partial charge in [-0.05, 0) is 51.0 Å². The fraction of sp³-hybridized carbons (Fsp3) is 0.312. The van der Waals surface area contributed by atoms with Crippen LogP contribution in [0.1, 0.15) is 29.8 Å². The lowest BCUT2D eigenvalue weighted by molar-refractivity contribution is -0.119. The van der Waals surface area contributed by atoms with Gasteiger partial charge in [0, 0.05) is 16.8 Å². The van der Waals surface area contributed by atoms with E-state index in [4.69, 9.17) is 11.6 Å². The second-order valence-electron chi connectivity index (χ2n) is 5.32. The van der Waals surface area contributed by atoms with Crippen molar-refractivity contribution in [2.24, 2.45) is 0 Å². The molecule has 2 rings (SSSR count). The van der Waals surface area contributed by atoms with E-state index in [2.05, 4.69) is 10.4 Å². The highest BCUT2D eigenvalue weighted by Crippen LogP contribution is 2.20. The Kier molecular flexibility index (Phi) is 4.66. The second kappa shape index (κ2) is 6.32. The third kappa shape index (κ3) is 3.36. The minimum atomic E-state index is -0.716. The summed E-state index contributed by atoms with van der Waals surface area (Å²) in [5, 5.41) is 7.51. The van der Waals surface area contributed by atoms with Crippen molar-refractivity contribution in [3.05, 3.63) is 56.5 Å². The van der Waals surface area contributed by atoms with Crippen molar-refractivity contribution in [2.45, 2.75) is 33.7 Å². The quantitative estimate of drug-likeness (QED) is 0.945. The average molecular weight is 320 g/mol. The maximum absolute atomic E-state index is 12.3. The van der Waals surface area contributed by atoms with E-state index in [9.17, 15) is 9.59 Å². The average Bonchev–Trinajstić information content (AvgIpc) is 2.46. The van der Waals surface area contributed by atoms with Crippen LogP contribution in [0.3, 0.4) is 0 Å². The van der Waals surface area contributed by atoms with Crippen LogP contribution < -0.4 is 10.9 Å². The number of aryl methyl sites for hydroxylation is 3. The molecule has 6 heteroatoms. The third-order valence-corrected chi connectivity index (χ3v) is 3.99. The Labute approximate surface area is 133 Å². The molecule has 0 radical (unpaired) electrons. The molecular formula is C16H18ClN3O2. The summed E-state index contributed by atoms with van der Waals surface area (Å²) in [6.45, 7) is 7.13. The summed E-state index contributed by atoms with van der Waals surface area (Å²) in [5.74, 6) is -0.322. The molecule has 1 heterocycles. The van der Waals surface area contributed by atoms with E-state index in [0.29, 0.717) is 10.7 Å². The van der Waals surface area contributed by atoms with Gasteiger partial charge in [-0.15, -0.1) is 0 Å². The standard InChI is InChI=1S/C16H18ClN3O2/c1-9-5-6-13(8-14(9)17)18-16(22)12(4)20-15(21)7-10(2)11(3)19-20/h5-8,12H,1-4H3,(H,18,22). The predicted octanol–water partition coefficient (Wildman–Crippen LogP) is 3.02. The molecule has 1 N–H and O–H groups in total. The SMILES string of the molecule is Cc1ccc(NC(=O)C(C)n2nc(C)c(C)cc2=O)cc1Cl. The molecule has 0 spiro atoms. The number of anilines is 1. The first kappa shape index (κ1) is 16.2. The van der Waals surface area contributed by atoms with E-state index in [1.54, 1.807) is 26.0 Å². The molecule has 0 fully saturated rings. The van der Waals surface area contributed by atoms with Gasteiger partial charge in [0.25, 0.3) is 5.56 Å². The molecule has 1 atom stereocenters. The van der Waals surface area contributed by atoms with Gasteiger partial charge in [0.05, 0.1) is 5.69 Å². The Balaban J connectivity index is 2.24. The van der Waals surface area contributed by atoms with Crippen LogP contribution in [-0.2, 0) is 4.79 Å². The van der Waals surface area contributed by atoms with Gasteiger partial charge in [-0.25, -0.2) is 4.68 Å². The van der Waals surface area contributed by atoms with Crippen LogP contribution in [0.5, 0.6) is 0 Å². The lowest BCUT2D eigenvalue weighted by atomic mass is 10.2. The molecule has 1 amide bonds. The van der Waals surface area contributed by atoms with Gasteiger partial charge >= 0.3 is 0 Å². The Morgan fingerprint density at radius 2 is 1.91 bits per heavy atom. The first-order valence-electron chi connectivity index (χ1n) is 6.93. The molecule has 0 aliphatic rings. The van der Waals surface area contributed by atoms with Gasteiger partial charge in [0.2, 0.25) is 5.91 Å².